The standard InChI is InChI=1S/C15H23N3OS/c1-2-15(6-3-7-15)9-17-12-8-11(16)13(20-12)14(19)18-10-4-5-10/h8,10,17H,2-7,9,16H2,1H3,(H,18,19). The second kappa shape index (κ2) is 5.28. The summed E-state index contributed by atoms with van der Waals surface area (Å²) in [6, 6.07) is 2.27. The Kier molecular flexibility index (Phi) is 3.63. The first-order valence-electron chi connectivity index (χ1n) is 7.56. The van der Waals surface area contributed by atoms with Crippen LogP contribution >= 0.6 is 11.3 Å². The molecule has 0 radical (unpaired) electrons. The lowest BCUT2D eigenvalue weighted by Gasteiger charge is -2.41. The SMILES string of the molecule is CCC1(CNc2cc(N)c(C(=O)NC3CC3)s2)CCC1. The molecule has 0 saturated heterocycles. The van der Waals surface area contributed by atoms with Gasteiger partial charge in [-0.05, 0) is 43.6 Å². The zero-order valence-corrected chi connectivity index (χ0v) is 12.8. The summed E-state index contributed by atoms with van der Waals surface area (Å²) in [5.41, 5.74) is 7.03. The molecule has 2 aliphatic carbocycles. The fraction of sp³-hybridized carbons (Fsp3) is 0.667. The fourth-order valence-corrected chi connectivity index (χ4v) is 3.63. The predicted octanol–water partition coefficient (Wildman–Crippen LogP) is 3.21. The van der Waals surface area contributed by atoms with Gasteiger partial charge in [-0.1, -0.05) is 13.3 Å². The average molecular weight is 293 g/mol. The summed E-state index contributed by atoms with van der Waals surface area (Å²) in [6.45, 7) is 3.26. The van der Waals surface area contributed by atoms with Gasteiger partial charge < -0.3 is 16.4 Å². The first-order chi connectivity index (χ1) is 9.62. The van der Waals surface area contributed by atoms with E-state index in [9.17, 15) is 4.79 Å². The fourth-order valence-electron chi connectivity index (χ4n) is 2.76. The van der Waals surface area contributed by atoms with Gasteiger partial charge in [-0.3, -0.25) is 4.79 Å². The molecule has 2 fully saturated rings. The molecule has 0 aliphatic heterocycles. The quantitative estimate of drug-likeness (QED) is 0.754. The van der Waals surface area contributed by atoms with E-state index in [0.29, 0.717) is 22.0 Å². The highest BCUT2D eigenvalue weighted by Gasteiger charge is 2.35. The van der Waals surface area contributed by atoms with Gasteiger partial charge in [-0.25, -0.2) is 0 Å². The van der Waals surface area contributed by atoms with E-state index in [1.54, 1.807) is 0 Å². The minimum atomic E-state index is -0.0168. The van der Waals surface area contributed by atoms with E-state index in [2.05, 4.69) is 17.6 Å². The third-order valence-electron chi connectivity index (χ3n) is 4.68. The molecule has 0 atom stereocenters. The zero-order valence-electron chi connectivity index (χ0n) is 12.0. The van der Waals surface area contributed by atoms with E-state index >= 15 is 0 Å². The summed E-state index contributed by atoms with van der Waals surface area (Å²) >= 11 is 1.47. The highest BCUT2D eigenvalue weighted by atomic mass is 32.1. The van der Waals surface area contributed by atoms with Crippen LogP contribution in [0.2, 0.25) is 0 Å². The van der Waals surface area contributed by atoms with Crippen LogP contribution in [0.3, 0.4) is 0 Å². The largest absolute Gasteiger partial charge is 0.397 e. The van der Waals surface area contributed by atoms with Gasteiger partial charge in [0.15, 0.2) is 0 Å². The number of anilines is 2. The molecule has 1 heterocycles. The molecular weight excluding hydrogens is 270 g/mol. The van der Waals surface area contributed by atoms with Crippen molar-refractivity contribution in [2.45, 2.75) is 51.5 Å². The third kappa shape index (κ3) is 2.77. The molecule has 2 saturated carbocycles. The van der Waals surface area contributed by atoms with Gasteiger partial charge in [-0.2, -0.15) is 0 Å². The van der Waals surface area contributed by atoms with Crippen LogP contribution in [0.5, 0.6) is 0 Å². The van der Waals surface area contributed by atoms with Crippen LogP contribution in [-0.2, 0) is 0 Å². The zero-order chi connectivity index (χ0) is 14.2. The molecule has 0 aromatic carbocycles. The van der Waals surface area contributed by atoms with Gasteiger partial charge in [-0.15, -0.1) is 11.3 Å². The number of carbonyl (C=O) groups is 1. The highest BCUT2D eigenvalue weighted by molar-refractivity contribution is 7.18. The van der Waals surface area contributed by atoms with Crippen molar-refractivity contribution in [2.24, 2.45) is 5.41 Å². The number of rotatable bonds is 6. The number of nitrogens with two attached hydrogens (primary N) is 1. The number of nitrogen functional groups attached to an aromatic ring is 1. The molecule has 4 nitrogen and oxygen atoms in total. The summed E-state index contributed by atoms with van der Waals surface area (Å²) in [5.74, 6) is -0.0168. The van der Waals surface area contributed by atoms with Gasteiger partial charge in [0, 0.05) is 12.6 Å². The molecule has 2 aliphatic rings. The predicted molar refractivity (Wildman–Crippen MR) is 84.3 cm³/mol. The van der Waals surface area contributed by atoms with E-state index in [1.165, 1.54) is 37.0 Å². The molecule has 20 heavy (non-hydrogen) atoms. The topological polar surface area (TPSA) is 67.1 Å². The van der Waals surface area contributed by atoms with Gasteiger partial charge >= 0.3 is 0 Å². The number of thiophene rings is 1. The first-order valence-corrected chi connectivity index (χ1v) is 8.37. The van der Waals surface area contributed by atoms with Gasteiger partial charge in [0.25, 0.3) is 5.91 Å². The number of amides is 1. The van der Waals surface area contributed by atoms with Gasteiger partial charge in [0.2, 0.25) is 0 Å². The molecule has 3 rings (SSSR count). The lowest BCUT2D eigenvalue weighted by atomic mass is 9.67. The Hall–Kier alpha value is -1.23. The number of hydrogen-bond acceptors (Lipinski definition) is 4. The molecule has 0 unspecified atom stereocenters. The van der Waals surface area contributed by atoms with E-state index in [4.69, 9.17) is 5.73 Å². The molecule has 5 heteroatoms. The van der Waals surface area contributed by atoms with E-state index < -0.39 is 0 Å². The van der Waals surface area contributed by atoms with Gasteiger partial charge in [0.05, 0.1) is 10.7 Å². The Morgan fingerprint density at radius 3 is 2.80 bits per heavy atom. The number of nitrogens with one attached hydrogen (secondary N) is 2. The van der Waals surface area contributed by atoms with E-state index in [1.807, 2.05) is 6.07 Å². The minimum absolute atomic E-state index is 0.0168. The number of hydrogen-bond donors (Lipinski definition) is 3. The molecular formula is C15H23N3OS. The minimum Gasteiger partial charge on any atom is -0.397 e. The van der Waals surface area contributed by atoms with Gasteiger partial charge in [0.1, 0.15) is 4.88 Å². The summed E-state index contributed by atoms with van der Waals surface area (Å²) < 4.78 is 0. The molecule has 1 aromatic rings. The lowest BCUT2D eigenvalue weighted by molar-refractivity contribution is 0.0956. The molecule has 0 bridgehead atoms. The molecule has 110 valence electrons. The van der Waals surface area contributed by atoms with Crippen LogP contribution < -0.4 is 16.4 Å². The van der Waals surface area contributed by atoms with Crippen molar-refractivity contribution in [2.75, 3.05) is 17.6 Å². The van der Waals surface area contributed by atoms with Crippen LogP contribution in [0, 0.1) is 5.41 Å². The van der Waals surface area contributed by atoms with Crippen molar-refractivity contribution in [3.63, 3.8) is 0 Å². The van der Waals surface area contributed by atoms with Crippen molar-refractivity contribution in [1.29, 1.82) is 0 Å². The summed E-state index contributed by atoms with van der Waals surface area (Å²) in [5, 5.41) is 7.49. The Labute approximate surface area is 124 Å². The summed E-state index contributed by atoms with van der Waals surface area (Å²) in [7, 11) is 0. The summed E-state index contributed by atoms with van der Waals surface area (Å²) in [6.07, 6.45) is 7.38. The van der Waals surface area contributed by atoms with Crippen molar-refractivity contribution >= 4 is 27.9 Å². The van der Waals surface area contributed by atoms with Crippen molar-refractivity contribution in [3.8, 4) is 0 Å². The summed E-state index contributed by atoms with van der Waals surface area (Å²) in [4.78, 5) is 12.7. The smallest absolute Gasteiger partial charge is 0.263 e. The Morgan fingerprint density at radius 2 is 2.25 bits per heavy atom. The lowest BCUT2D eigenvalue weighted by Crippen LogP contribution is -2.35. The van der Waals surface area contributed by atoms with Crippen LogP contribution in [0.25, 0.3) is 0 Å². The number of carbonyl (C=O) groups excluding carboxylic acids is 1. The Bertz CT molecular complexity index is 498. The molecule has 4 N–H and O–H groups in total. The third-order valence-corrected chi connectivity index (χ3v) is 5.79. The van der Waals surface area contributed by atoms with Crippen molar-refractivity contribution < 1.29 is 4.79 Å². The maximum atomic E-state index is 12.0. The van der Waals surface area contributed by atoms with Crippen LogP contribution in [0.1, 0.15) is 55.1 Å². The van der Waals surface area contributed by atoms with Crippen LogP contribution in [0.15, 0.2) is 6.07 Å². The second-order valence-electron chi connectivity index (χ2n) is 6.20. The van der Waals surface area contributed by atoms with Crippen LogP contribution in [-0.4, -0.2) is 18.5 Å². The highest BCUT2D eigenvalue weighted by Crippen LogP contribution is 2.44. The normalized spacial score (nSPS) is 20.2. The van der Waals surface area contributed by atoms with E-state index in [-0.39, 0.29) is 5.91 Å². The Balaban J connectivity index is 1.61. The maximum absolute atomic E-state index is 12.0. The monoisotopic (exact) mass is 293 g/mol. The van der Waals surface area contributed by atoms with Crippen LogP contribution in [0.4, 0.5) is 10.7 Å². The average Bonchev–Trinajstić information content (AvgIpc) is 3.10. The first kappa shape index (κ1) is 13.7. The maximum Gasteiger partial charge on any atom is 0.263 e. The van der Waals surface area contributed by atoms with Crippen molar-refractivity contribution in [1.82, 2.24) is 5.32 Å². The Morgan fingerprint density at radius 1 is 1.50 bits per heavy atom. The van der Waals surface area contributed by atoms with Crippen molar-refractivity contribution in [3.05, 3.63) is 10.9 Å². The molecule has 1 aromatic heterocycles. The molecule has 1 amide bonds. The second-order valence-corrected chi connectivity index (χ2v) is 7.26. The van der Waals surface area contributed by atoms with E-state index in [0.717, 1.165) is 24.4 Å². The molecule has 0 spiro atoms.